The van der Waals surface area contributed by atoms with Crippen LogP contribution in [-0.4, -0.2) is 73.0 Å². The van der Waals surface area contributed by atoms with E-state index in [1.54, 1.807) is 47.4 Å². The molecule has 12 nitrogen and oxygen atoms in total. The molecule has 0 bridgehead atoms. The number of nitrogens with one attached hydrogen (secondary N) is 2. The summed E-state index contributed by atoms with van der Waals surface area (Å²) < 4.78 is 15.6. The van der Waals surface area contributed by atoms with Gasteiger partial charge in [0, 0.05) is 41.2 Å². The first-order valence-electron chi connectivity index (χ1n) is 13.7. The van der Waals surface area contributed by atoms with Gasteiger partial charge < -0.3 is 34.4 Å². The lowest BCUT2D eigenvalue weighted by molar-refractivity contribution is -0.137. The van der Waals surface area contributed by atoms with Crippen LogP contribution in [0.15, 0.2) is 53.9 Å². The molecule has 0 radical (unpaired) electrons. The van der Waals surface area contributed by atoms with Gasteiger partial charge in [0.15, 0.2) is 11.5 Å². The molecular weight excluding hydrogens is 576 g/mol. The lowest BCUT2D eigenvalue weighted by atomic mass is 10.0. The van der Waals surface area contributed by atoms with Crippen molar-refractivity contribution in [1.82, 2.24) is 10.2 Å². The highest BCUT2D eigenvalue weighted by molar-refractivity contribution is 7.10. The second-order valence-corrected chi connectivity index (χ2v) is 11.3. The number of aliphatic carboxylic acids is 1. The highest BCUT2D eigenvalue weighted by atomic mass is 32.1. The van der Waals surface area contributed by atoms with Crippen molar-refractivity contribution in [1.29, 1.82) is 0 Å². The molecule has 0 spiro atoms. The first-order valence-corrected chi connectivity index (χ1v) is 14.5. The zero-order valence-corrected chi connectivity index (χ0v) is 24.7. The van der Waals surface area contributed by atoms with Crippen LogP contribution in [0.5, 0.6) is 11.5 Å². The van der Waals surface area contributed by atoms with E-state index in [4.69, 9.17) is 14.2 Å². The average Bonchev–Trinajstić information content (AvgIpc) is 3.69. The number of nitrogens with zero attached hydrogens (tertiary/aromatic N) is 2. The lowest BCUT2D eigenvalue weighted by Gasteiger charge is -2.45. The molecule has 2 aliphatic heterocycles. The number of carbonyl (C=O) groups excluding carboxylic acids is 3. The molecule has 3 N–H and O–H groups in total. The largest absolute Gasteiger partial charge is 0.481 e. The third-order valence-electron chi connectivity index (χ3n) is 7.43. The number of piperazine rings is 1. The monoisotopic (exact) mass is 608 g/mol. The number of carboxylic acid groups (broad SMARTS) is 1. The Labute approximate surface area is 252 Å². The number of thiophene rings is 1. The summed E-state index contributed by atoms with van der Waals surface area (Å²) in [7, 11) is 1.24. The fourth-order valence-corrected chi connectivity index (χ4v) is 6.04. The molecule has 3 aromatic rings. The normalized spacial score (nSPS) is 18.1. The molecule has 3 atom stereocenters. The molecule has 13 heteroatoms. The summed E-state index contributed by atoms with van der Waals surface area (Å²) in [6, 6.07) is 12.6. The Morgan fingerprint density at radius 3 is 2.51 bits per heavy atom. The van der Waals surface area contributed by atoms with E-state index in [1.807, 2.05) is 19.2 Å². The quantitative estimate of drug-likeness (QED) is 0.340. The van der Waals surface area contributed by atoms with Crippen molar-refractivity contribution in [3.63, 3.8) is 0 Å². The van der Waals surface area contributed by atoms with Crippen LogP contribution in [0.3, 0.4) is 0 Å². The summed E-state index contributed by atoms with van der Waals surface area (Å²) in [5, 5.41) is 16.7. The van der Waals surface area contributed by atoms with Crippen molar-refractivity contribution in [2.75, 3.05) is 37.2 Å². The predicted octanol–water partition coefficient (Wildman–Crippen LogP) is 4.34. The Bertz CT molecular complexity index is 1530. The van der Waals surface area contributed by atoms with Gasteiger partial charge in [0.1, 0.15) is 0 Å². The Hall–Kier alpha value is -4.78. The number of hydrogen-bond donors (Lipinski definition) is 3. The summed E-state index contributed by atoms with van der Waals surface area (Å²) in [5.41, 5.74) is 1.74. The minimum Gasteiger partial charge on any atom is -0.481 e. The van der Waals surface area contributed by atoms with Crippen molar-refractivity contribution in [2.24, 2.45) is 0 Å². The number of benzene rings is 2. The molecule has 43 heavy (non-hydrogen) atoms. The smallest absolute Gasteiger partial charge is 0.411 e. The second-order valence-electron chi connectivity index (χ2n) is 10.4. The number of carboxylic acids is 1. The third kappa shape index (κ3) is 6.51. The second kappa shape index (κ2) is 12.6. The number of amides is 3. The fraction of sp³-hybridized carbons (Fsp3) is 0.333. The molecule has 3 unspecified atom stereocenters. The van der Waals surface area contributed by atoms with Gasteiger partial charge in [-0.25, -0.2) is 4.79 Å². The Balaban J connectivity index is 1.36. The average molecular weight is 609 g/mol. The number of carbonyl (C=O) groups is 4. The molecule has 0 saturated carbocycles. The minimum atomic E-state index is -1.04. The van der Waals surface area contributed by atoms with Crippen molar-refractivity contribution in [3.05, 3.63) is 69.9 Å². The van der Waals surface area contributed by atoms with Crippen LogP contribution >= 0.6 is 11.3 Å². The van der Waals surface area contributed by atoms with Crippen LogP contribution < -0.4 is 25.0 Å². The highest BCUT2D eigenvalue weighted by Gasteiger charge is 2.34. The zero-order chi connectivity index (χ0) is 30.7. The molecule has 0 aliphatic carbocycles. The molecule has 1 fully saturated rings. The number of methoxy groups -OCH3 is 1. The topological polar surface area (TPSA) is 147 Å². The summed E-state index contributed by atoms with van der Waals surface area (Å²) in [5.74, 6) is -0.508. The fourth-order valence-electron chi connectivity index (χ4n) is 5.26. The number of hydrogen-bond acceptors (Lipinski definition) is 9. The first-order chi connectivity index (χ1) is 20.6. The summed E-state index contributed by atoms with van der Waals surface area (Å²) in [6.07, 6.45) is -0.985. The Morgan fingerprint density at radius 2 is 1.79 bits per heavy atom. The number of ether oxygens (including phenoxy) is 3. The Morgan fingerprint density at radius 1 is 1.02 bits per heavy atom. The maximum Gasteiger partial charge on any atom is 0.411 e. The van der Waals surface area contributed by atoms with Crippen LogP contribution in [0.4, 0.5) is 16.2 Å². The van der Waals surface area contributed by atoms with E-state index in [0.29, 0.717) is 41.5 Å². The predicted molar refractivity (Wildman–Crippen MR) is 159 cm³/mol. The Kier molecular flexibility index (Phi) is 8.71. The SMILES string of the molecule is COC(=O)Nc1cc(C(=O)NC(CC(=O)O)c2cccs2)ccc1N1CC(C)N(C(=O)c2ccc3c(c2)OCO3)CC1C. The zero-order valence-electron chi connectivity index (χ0n) is 23.9. The van der Waals surface area contributed by atoms with Crippen LogP contribution in [0.25, 0.3) is 0 Å². The molecule has 3 amide bonds. The van der Waals surface area contributed by atoms with Crippen LogP contribution in [-0.2, 0) is 9.53 Å². The third-order valence-corrected chi connectivity index (χ3v) is 8.41. The van der Waals surface area contributed by atoms with Crippen LogP contribution in [0.2, 0.25) is 0 Å². The van der Waals surface area contributed by atoms with Gasteiger partial charge in [-0.2, -0.15) is 0 Å². The van der Waals surface area contributed by atoms with E-state index in [-0.39, 0.29) is 36.8 Å². The molecule has 2 aromatic carbocycles. The summed E-state index contributed by atoms with van der Waals surface area (Å²) >= 11 is 1.35. The van der Waals surface area contributed by atoms with Gasteiger partial charge in [-0.05, 0) is 61.7 Å². The molecule has 5 rings (SSSR count). The van der Waals surface area contributed by atoms with Crippen LogP contribution in [0.1, 0.15) is 51.9 Å². The van der Waals surface area contributed by atoms with E-state index in [0.717, 1.165) is 4.88 Å². The molecule has 1 saturated heterocycles. The van der Waals surface area contributed by atoms with Crippen molar-refractivity contribution in [2.45, 2.75) is 38.4 Å². The number of fused-ring (bicyclic) bond motifs is 1. The highest BCUT2D eigenvalue weighted by Crippen LogP contribution is 2.35. The number of rotatable bonds is 8. The van der Waals surface area contributed by atoms with E-state index >= 15 is 0 Å². The standard InChI is InChI=1S/C30H32N4O8S/c1-17-15-34(29(38)20-7-9-24-25(12-20)42-16-41-24)18(2)14-33(17)23-8-6-19(11-21(23)32-30(39)40-3)28(37)31-22(13-27(35)36)26-5-4-10-43-26/h4-12,17-18,22H,13-16H2,1-3H3,(H,31,37)(H,32,39)(H,35,36). The maximum absolute atomic E-state index is 13.5. The molecule has 2 aliphatic rings. The van der Waals surface area contributed by atoms with E-state index < -0.39 is 24.0 Å². The molecule has 226 valence electrons. The van der Waals surface area contributed by atoms with E-state index in [2.05, 4.69) is 15.5 Å². The first kappa shape index (κ1) is 29.7. The molecular formula is C30H32N4O8S. The lowest BCUT2D eigenvalue weighted by Crippen LogP contribution is -2.58. The molecule has 1 aromatic heterocycles. The van der Waals surface area contributed by atoms with Crippen LogP contribution in [0, 0.1) is 0 Å². The van der Waals surface area contributed by atoms with Gasteiger partial charge >= 0.3 is 12.1 Å². The van der Waals surface area contributed by atoms with Gasteiger partial charge in [-0.1, -0.05) is 6.07 Å². The van der Waals surface area contributed by atoms with Crippen molar-refractivity contribution >= 4 is 46.6 Å². The van der Waals surface area contributed by atoms with Gasteiger partial charge in [-0.3, -0.25) is 19.7 Å². The van der Waals surface area contributed by atoms with Gasteiger partial charge in [-0.15, -0.1) is 11.3 Å². The summed E-state index contributed by atoms with van der Waals surface area (Å²) in [4.78, 5) is 55.0. The van der Waals surface area contributed by atoms with Gasteiger partial charge in [0.25, 0.3) is 11.8 Å². The maximum atomic E-state index is 13.5. The minimum absolute atomic E-state index is 0.124. The van der Waals surface area contributed by atoms with Gasteiger partial charge in [0.05, 0.1) is 30.9 Å². The molecule has 3 heterocycles. The van der Waals surface area contributed by atoms with E-state index in [9.17, 15) is 24.3 Å². The van der Waals surface area contributed by atoms with E-state index in [1.165, 1.54) is 24.5 Å². The van der Waals surface area contributed by atoms with Crippen molar-refractivity contribution in [3.8, 4) is 11.5 Å². The van der Waals surface area contributed by atoms with Gasteiger partial charge in [0.2, 0.25) is 6.79 Å². The number of anilines is 2. The summed E-state index contributed by atoms with van der Waals surface area (Å²) in [6.45, 7) is 4.92. The van der Waals surface area contributed by atoms with Crippen molar-refractivity contribution < 1.29 is 38.5 Å².